The number of hydrogen-bond donors (Lipinski definition) is 0. The van der Waals surface area contributed by atoms with Crippen LogP contribution in [-0.4, -0.2) is 35.1 Å². The van der Waals surface area contributed by atoms with Crippen LogP contribution in [0, 0.1) is 0 Å². The summed E-state index contributed by atoms with van der Waals surface area (Å²) in [7, 11) is 0. The summed E-state index contributed by atoms with van der Waals surface area (Å²) >= 11 is 0. The van der Waals surface area contributed by atoms with E-state index in [-0.39, 0.29) is 23.4 Å². The molecule has 4 nitrogen and oxygen atoms in total. The van der Waals surface area contributed by atoms with Crippen LogP contribution in [0.4, 0.5) is 0 Å². The number of ether oxygens (including phenoxy) is 2. The standard InChI is InChI=1S/C21H31NO3/c1-19(2,18(23)22-13-7-8-14-22)16-11-9-15(10-12-16)17-24-20(3,4)21(5,6)25-17/h9-12,17H,7-8,13-14H2,1-6H3. The molecule has 4 heteroatoms. The quantitative estimate of drug-likeness (QED) is 0.824. The van der Waals surface area contributed by atoms with E-state index in [0.717, 1.165) is 37.1 Å². The molecule has 0 saturated carbocycles. The van der Waals surface area contributed by atoms with Gasteiger partial charge in [-0.3, -0.25) is 4.79 Å². The number of hydrogen-bond acceptors (Lipinski definition) is 3. The molecule has 0 bridgehead atoms. The SMILES string of the molecule is CC(C)(C(=O)N1CCCC1)c1ccc(C2OC(C)(C)C(C)(C)O2)cc1. The molecule has 0 N–H and O–H groups in total. The van der Waals surface area contributed by atoms with Gasteiger partial charge < -0.3 is 14.4 Å². The van der Waals surface area contributed by atoms with Gasteiger partial charge in [-0.05, 0) is 59.9 Å². The van der Waals surface area contributed by atoms with Crippen molar-refractivity contribution in [3.63, 3.8) is 0 Å². The molecule has 2 heterocycles. The minimum Gasteiger partial charge on any atom is -0.342 e. The van der Waals surface area contributed by atoms with Crippen LogP contribution in [0.3, 0.4) is 0 Å². The molecule has 25 heavy (non-hydrogen) atoms. The van der Waals surface area contributed by atoms with Crippen molar-refractivity contribution < 1.29 is 14.3 Å². The minimum atomic E-state index is -0.515. The van der Waals surface area contributed by atoms with E-state index in [9.17, 15) is 4.79 Å². The molecular formula is C21H31NO3. The molecule has 3 rings (SSSR count). The maximum Gasteiger partial charge on any atom is 0.232 e. The van der Waals surface area contributed by atoms with E-state index in [1.54, 1.807) is 0 Å². The molecule has 1 aromatic carbocycles. The second-order valence-corrected chi connectivity index (χ2v) is 8.83. The maximum absolute atomic E-state index is 12.9. The summed E-state index contributed by atoms with van der Waals surface area (Å²) in [5.41, 5.74) is 0.818. The lowest BCUT2D eigenvalue weighted by atomic mass is 9.83. The van der Waals surface area contributed by atoms with Gasteiger partial charge in [-0.1, -0.05) is 24.3 Å². The molecule has 0 unspecified atom stereocenters. The van der Waals surface area contributed by atoms with Gasteiger partial charge in [0.1, 0.15) is 0 Å². The van der Waals surface area contributed by atoms with E-state index in [1.807, 2.05) is 43.0 Å². The number of likely N-dealkylation sites (tertiary alicyclic amines) is 1. The Hall–Kier alpha value is -1.39. The molecule has 0 aliphatic carbocycles. The predicted molar refractivity (Wildman–Crippen MR) is 98.4 cm³/mol. The number of nitrogens with zero attached hydrogens (tertiary/aromatic N) is 1. The molecule has 2 fully saturated rings. The third-order valence-electron chi connectivity index (χ3n) is 6.09. The minimum absolute atomic E-state index is 0.216. The first-order valence-corrected chi connectivity index (χ1v) is 9.30. The Bertz CT molecular complexity index is 624. The van der Waals surface area contributed by atoms with Crippen LogP contribution in [0.15, 0.2) is 24.3 Å². The zero-order valence-electron chi connectivity index (χ0n) is 16.4. The lowest BCUT2D eigenvalue weighted by Crippen LogP contribution is -2.41. The molecule has 0 spiro atoms. The monoisotopic (exact) mass is 345 g/mol. The molecule has 2 aliphatic rings. The van der Waals surface area contributed by atoms with Gasteiger partial charge in [0, 0.05) is 18.7 Å². The summed E-state index contributed by atoms with van der Waals surface area (Å²) in [6, 6.07) is 8.12. The molecular weight excluding hydrogens is 314 g/mol. The molecule has 2 aliphatic heterocycles. The molecule has 138 valence electrons. The van der Waals surface area contributed by atoms with Crippen molar-refractivity contribution in [3.8, 4) is 0 Å². The van der Waals surface area contributed by atoms with Crippen LogP contribution in [0.2, 0.25) is 0 Å². The Kier molecular flexibility index (Phi) is 4.49. The molecule has 0 atom stereocenters. The zero-order valence-corrected chi connectivity index (χ0v) is 16.4. The van der Waals surface area contributed by atoms with Crippen LogP contribution in [0.5, 0.6) is 0 Å². The highest BCUT2D eigenvalue weighted by Gasteiger charge is 2.49. The topological polar surface area (TPSA) is 38.8 Å². The van der Waals surface area contributed by atoms with Gasteiger partial charge in [0.2, 0.25) is 5.91 Å². The Balaban J connectivity index is 1.77. The molecule has 1 aromatic rings. The number of carbonyl (C=O) groups excluding carboxylic acids is 1. The second kappa shape index (κ2) is 6.10. The van der Waals surface area contributed by atoms with Crippen LogP contribution in [0.25, 0.3) is 0 Å². The average Bonchev–Trinajstić information content (AvgIpc) is 3.13. The van der Waals surface area contributed by atoms with Crippen LogP contribution in [-0.2, 0) is 19.7 Å². The number of benzene rings is 1. The largest absolute Gasteiger partial charge is 0.342 e. The van der Waals surface area contributed by atoms with Crippen molar-refractivity contribution >= 4 is 5.91 Å². The number of carbonyl (C=O) groups is 1. The lowest BCUT2D eigenvalue weighted by Gasteiger charge is -2.30. The summed E-state index contributed by atoms with van der Waals surface area (Å²) in [6.45, 7) is 14.0. The molecule has 2 saturated heterocycles. The smallest absolute Gasteiger partial charge is 0.232 e. The van der Waals surface area contributed by atoms with Crippen molar-refractivity contribution in [1.82, 2.24) is 4.90 Å². The lowest BCUT2D eigenvalue weighted by molar-refractivity contribution is -0.135. The van der Waals surface area contributed by atoms with Crippen molar-refractivity contribution in [1.29, 1.82) is 0 Å². The summed E-state index contributed by atoms with van der Waals surface area (Å²) in [4.78, 5) is 14.8. The first kappa shape index (κ1) is 18.4. The third kappa shape index (κ3) is 3.22. The van der Waals surface area contributed by atoms with Crippen LogP contribution in [0.1, 0.15) is 71.8 Å². The highest BCUT2D eigenvalue weighted by atomic mass is 16.7. The Morgan fingerprint density at radius 1 is 1.00 bits per heavy atom. The van der Waals surface area contributed by atoms with E-state index in [0.29, 0.717) is 0 Å². The highest BCUT2D eigenvalue weighted by Crippen LogP contribution is 2.44. The summed E-state index contributed by atoms with van der Waals surface area (Å²) in [5.74, 6) is 0.216. The molecule has 1 amide bonds. The normalized spacial score (nSPS) is 23.2. The fourth-order valence-electron chi connectivity index (χ4n) is 3.48. The fraction of sp³-hybridized carbons (Fsp3) is 0.667. The second-order valence-electron chi connectivity index (χ2n) is 8.83. The molecule has 0 aromatic heterocycles. The first-order valence-electron chi connectivity index (χ1n) is 9.30. The summed E-state index contributed by atoms with van der Waals surface area (Å²) in [6.07, 6.45) is 1.86. The van der Waals surface area contributed by atoms with Gasteiger partial charge >= 0.3 is 0 Å². The predicted octanol–water partition coefficient (Wildman–Crippen LogP) is 4.19. The number of amides is 1. The van der Waals surface area contributed by atoms with E-state index in [1.165, 1.54) is 0 Å². The van der Waals surface area contributed by atoms with E-state index in [2.05, 4.69) is 27.7 Å². The first-order chi connectivity index (χ1) is 11.5. The Morgan fingerprint density at radius 3 is 1.96 bits per heavy atom. The van der Waals surface area contributed by atoms with Crippen molar-refractivity contribution in [2.45, 2.75) is 77.3 Å². The van der Waals surface area contributed by atoms with Gasteiger partial charge in [0.05, 0.1) is 16.6 Å². The van der Waals surface area contributed by atoms with Crippen LogP contribution < -0.4 is 0 Å². The summed E-state index contributed by atoms with van der Waals surface area (Å²) in [5, 5.41) is 0. The average molecular weight is 345 g/mol. The number of rotatable bonds is 3. The van der Waals surface area contributed by atoms with Crippen molar-refractivity contribution in [2.75, 3.05) is 13.1 Å². The van der Waals surface area contributed by atoms with Gasteiger partial charge in [-0.25, -0.2) is 0 Å². The Labute approximate surface area is 151 Å². The van der Waals surface area contributed by atoms with Gasteiger partial charge in [-0.15, -0.1) is 0 Å². The van der Waals surface area contributed by atoms with Gasteiger partial charge in [0.15, 0.2) is 6.29 Å². The van der Waals surface area contributed by atoms with Crippen molar-refractivity contribution in [3.05, 3.63) is 35.4 Å². The van der Waals surface area contributed by atoms with Crippen molar-refractivity contribution in [2.24, 2.45) is 0 Å². The van der Waals surface area contributed by atoms with Gasteiger partial charge in [-0.2, -0.15) is 0 Å². The maximum atomic E-state index is 12.9. The highest BCUT2D eigenvalue weighted by molar-refractivity contribution is 5.87. The van der Waals surface area contributed by atoms with E-state index in [4.69, 9.17) is 9.47 Å². The Morgan fingerprint density at radius 2 is 1.48 bits per heavy atom. The van der Waals surface area contributed by atoms with E-state index >= 15 is 0 Å². The van der Waals surface area contributed by atoms with Crippen LogP contribution >= 0.6 is 0 Å². The molecule has 0 radical (unpaired) electrons. The van der Waals surface area contributed by atoms with E-state index < -0.39 is 5.41 Å². The third-order valence-corrected chi connectivity index (χ3v) is 6.09. The van der Waals surface area contributed by atoms with Gasteiger partial charge in [0.25, 0.3) is 0 Å². The summed E-state index contributed by atoms with van der Waals surface area (Å²) < 4.78 is 12.2. The fourth-order valence-corrected chi connectivity index (χ4v) is 3.48. The zero-order chi connectivity index (χ0) is 18.5.